The van der Waals surface area contributed by atoms with Crippen LogP contribution in [0.5, 0.6) is 0 Å². The maximum absolute atomic E-state index is 12.3. The molecule has 8 heteroatoms. The average molecular weight is 411 g/mol. The van der Waals surface area contributed by atoms with Crippen LogP contribution in [0.1, 0.15) is 57.1 Å². The van der Waals surface area contributed by atoms with Gasteiger partial charge in [0.2, 0.25) is 11.8 Å². The fourth-order valence-electron chi connectivity index (χ4n) is 3.27. The van der Waals surface area contributed by atoms with Crippen molar-refractivity contribution in [1.82, 2.24) is 10.0 Å². The van der Waals surface area contributed by atoms with Gasteiger partial charge in [-0.05, 0) is 55.4 Å². The molecule has 1 aromatic carbocycles. The summed E-state index contributed by atoms with van der Waals surface area (Å²) in [6.45, 7) is 6.51. The molecule has 2 rings (SSSR count). The first-order chi connectivity index (χ1) is 13.2. The molecule has 1 saturated heterocycles. The van der Waals surface area contributed by atoms with Crippen molar-refractivity contribution < 1.29 is 22.7 Å². The standard InChI is InChI=1S/C20H30N2O5S/c1-4-17-11-15(8-9-27-17)12-20(24)21-13-16-6-7-18(10-14(16)3)28(25,26)22-19(23)5-2/h6-7,10,15,17H,4-5,8-9,11-13H2,1-3H3,(H,21,24)(H,22,23). The monoisotopic (exact) mass is 410 g/mol. The maximum Gasteiger partial charge on any atom is 0.264 e. The minimum atomic E-state index is -3.87. The van der Waals surface area contributed by atoms with E-state index in [2.05, 4.69) is 12.2 Å². The van der Waals surface area contributed by atoms with Crippen LogP contribution in [0.4, 0.5) is 0 Å². The second kappa shape index (κ2) is 10.0. The Bertz CT molecular complexity index is 807. The van der Waals surface area contributed by atoms with Crippen LogP contribution in [0, 0.1) is 12.8 Å². The first-order valence-corrected chi connectivity index (χ1v) is 11.3. The summed E-state index contributed by atoms with van der Waals surface area (Å²) in [7, 11) is -3.87. The molecular formula is C20H30N2O5S. The molecule has 28 heavy (non-hydrogen) atoms. The Labute approximate surface area is 167 Å². The summed E-state index contributed by atoms with van der Waals surface area (Å²) < 4.78 is 32.1. The number of rotatable bonds is 8. The number of aryl methyl sites for hydroxylation is 1. The van der Waals surface area contributed by atoms with Gasteiger partial charge in [-0.15, -0.1) is 0 Å². The number of carbonyl (C=O) groups is 2. The highest BCUT2D eigenvalue weighted by Crippen LogP contribution is 2.24. The van der Waals surface area contributed by atoms with Crippen molar-refractivity contribution in [1.29, 1.82) is 0 Å². The molecule has 2 atom stereocenters. The third-order valence-electron chi connectivity index (χ3n) is 5.07. The molecule has 1 aromatic rings. The van der Waals surface area contributed by atoms with Gasteiger partial charge in [0.15, 0.2) is 0 Å². The number of nitrogens with one attached hydrogen (secondary N) is 2. The summed E-state index contributed by atoms with van der Waals surface area (Å²) in [5.41, 5.74) is 1.58. The normalized spacial score (nSPS) is 19.8. The van der Waals surface area contributed by atoms with Gasteiger partial charge in [-0.1, -0.05) is 19.9 Å². The molecule has 2 amide bonds. The highest BCUT2D eigenvalue weighted by molar-refractivity contribution is 7.90. The van der Waals surface area contributed by atoms with E-state index < -0.39 is 15.9 Å². The van der Waals surface area contributed by atoms with E-state index in [9.17, 15) is 18.0 Å². The number of carbonyl (C=O) groups excluding carboxylic acids is 2. The van der Waals surface area contributed by atoms with Crippen LogP contribution in [0.25, 0.3) is 0 Å². The van der Waals surface area contributed by atoms with Crippen LogP contribution in [-0.4, -0.2) is 32.9 Å². The van der Waals surface area contributed by atoms with Crippen LogP contribution >= 0.6 is 0 Å². The Morgan fingerprint density at radius 1 is 1.21 bits per heavy atom. The number of hydrogen-bond donors (Lipinski definition) is 2. The lowest BCUT2D eigenvalue weighted by atomic mass is 9.91. The maximum atomic E-state index is 12.3. The fraction of sp³-hybridized carbons (Fsp3) is 0.600. The van der Waals surface area contributed by atoms with E-state index in [1.807, 2.05) is 4.72 Å². The van der Waals surface area contributed by atoms with Gasteiger partial charge in [-0.25, -0.2) is 13.1 Å². The second-order valence-corrected chi connectivity index (χ2v) is 8.93. The zero-order valence-corrected chi connectivity index (χ0v) is 17.6. The molecule has 7 nitrogen and oxygen atoms in total. The van der Waals surface area contributed by atoms with Gasteiger partial charge in [0, 0.05) is 26.0 Å². The van der Waals surface area contributed by atoms with Gasteiger partial charge in [0.1, 0.15) is 0 Å². The number of hydrogen-bond acceptors (Lipinski definition) is 5. The first kappa shape index (κ1) is 22.4. The molecule has 1 aliphatic heterocycles. The summed E-state index contributed by atoms with van der Waals surface area (Å²) in [5, 5.41) is 2.92. The lowest BCUT2D eigenvalue weighted by Crippen LogP contribution is -2.31. The van der Waals surface area contributed by atoms with Crippen molar-refractivity contribution in [2.75, 3.05) is 6.61 Å². The Balaban J connectivity index is 1.92. The summed E-state index contributed by atoms with van der Waals surface area (Å²) >= 11 is 0. The highest BCUT2D eigenvalue weighted by Gasteiger charge is 2.23. The van der Waals surface area contributed by atoms with Gasteiger partial charge in [-0.2, -0.15) is 0 Å². The summed E-state index contributed by atoms with van der Waals surface area (Å²) in [4.78, 5) is 23.7. The predicted octanol–water partition coefficient (Wildman–Crippen LogP) is 2.42. The highest BCUT2D eigenvalue weighted by atomic mass is 32.2. The third-order valence-corrected chi connectivity index (χ3v) is 6.45. The Morgan fingerprint density at radius 3 is 2.61 bits per heavy atom. The predicted molar refractivity (Wildman–Crippen MR) is 106 cm³/mol. The summed E-state index contributed by atoms with van der Waals surface area (Å²) in [6, 6.07) is 4.63. The van der Waals surface area contributed by atoms with Crippen molar-refractivity contribution in [2.24, 2.45) is 5.92 Å². The zero-order valence-electron chi connectivity index (χ0n) is 16.8. The van der Waals surface area contributed by atoms with E-state index in [4.69, 9.17) is 4.74 Å². The molecule has 0 aromatic heterocycles. The lowest BCUT2D eigenvalue weighted by Gasteiger charge is -2.28. The molecule has 1 fully saturated rings. The van der Waals surface area contributed by atoms with Crippen LogP contribution in [0.3, 0.4) is 0 Å². The third kappa shape index (κ3) is 6.31. The van der Waals surface area contributed by atoms with E-state index >= 15 is 0 Å². The van der Waals surface area contributed by atoms with Crippen LogP contribution in [0.2, 0.25) is 0 Å². The summed E-state index contributed by atoms with van der Waals surface area (Å²) in [5.74, 6) is -0.213. The molecule has 0 bridgehead atoms. The van der Waals surface area contributed by atoms with Gasteiger partial charge in [0.25, 0.3) is 10.0 Å². The van der Waals surface area contributed by atoms with Crippen molar-refractivity contribution in [3.8, 4) is 0 Å². The zero-order chi connectivity index (χ0) is 20.7. The topological polar surface area (TPSA) is 102 Å². The SMILES string of the molecule is CCC(=O)NS(=O)(=O)c1ccc(CNC(=O)CC2CCOC(CC)C2)c(C)c1. The molecule has 0 spiro atoms. The van der Waals surface area contributed by atoms with Gasteiger partial charge >= 0.3 is 0 Å². The number of benzene rings is 1. The van der Waals surface area contributed by atoms with Crippen LogP contribution in [-0.2, 0) is 30.9 Å². The van der Waals surface area contributed by atoms with Crippen molar-refractivity contribution in [3.05, 3.63) is 29.3 Å². The summed E-state index contributed by atoms with van der Waals surface area (Å²) in [6.07, 6.45) is 3.60. The lowest BCUT2D eigenvalue weighted by molar-refractivity contribution is -0.123. The minimum absolute atomic E-state index is 0.00643. The molecule has 1 heterocycles. The Kier molecular flexibility index (Phi) is 8.00. The molecule has 2 N–H and O–H groups in total. The molecule has 1 aliphatic rings. The Morgan fingerprint density at radius 2 is 1.96 bits per heavy atom. The van der Waals surface area contributed by atoms with E-state index in [-0.39, 0.29) is 23.3 Å². The first-order valence-electron chi connectivity index (χ1n) is 9.78. The molecule has 0 aliphatic carbocycles. The second-order valence-electron chi connectivity index (χ2n) is 7.24. The molecule has 2 unspecified atom stereocenters. The Hall–Kier alpha value is -1.93. The molecule has 0 radical (unpaired) electrons. The van der Waals surface area contributed by atoms with Crippen molar-refractivity contribution >= 4 is 21.8 Å². The average Bonchev–Trinajstić information content (AvgIpc) is 2.66. The van der Waals surface area contributed by atoms with Gasteiger partial charge < -0.3 is 10.1 Å². The molecule has 0 saturated carbocycles. The van der Waals surface area contributed by atoms with Crippen LogP contribution in [0.15, 0.2) is 23.1 Å². The number of ether oxygens (including phenoxy) is 1. The fourth-order valence-corrected chi connectivity index (χ4v) is 4.41. The van der Waals surface area contributed by atoms with Gasteiger partial charge in [-0.3, -0.25) is 9.59 Å². The van der Waals surface area contributed by atoms with E-state index in [0.29, 0.717) is 25.5 Å². The van der Waals surface area contributed by atoms with Crippen molar-refractivity contribution in [3.63, 3.8) is 0 Å². The molecular weight excluding hydrogens is 380 g/mol. The largest absolute Gasteiger partial charge is 0.378 e. The molecule has 156 valence electrons. The van der Waals surface area contributed by atoms with Crippen molar-refractivity contribution in [2.45, 2.75) is 70.4 Å². The number of sulfonamides is 1. The van der Waals surface area contributed by atoms with Crippen LogP contribution < -0.4 is 10.0 Å². The van der Waals surface area contributed by atoms with E-state index in [1.54, 1.807) is 19.9 Å². The minimum Gasteiger partial charge on any atom is -0.378 e. The van der Waals surface area contributed by atoms with E-state index in [0.717, 1.165) is 30.4 Å². The van der Waals surface area contributed by atoms with E-state index in [1.165, 1.54) is 12.1 Å². The quantitative estimate of drug-likeness (QED) is 0.685. The number of amides is 2. The van der Waals surface area contributed by atoms with Gasteiger partial charge in [0.05, 0.1) is 11.0 Å². The smallest absolute Gasteiger partial charge is 0.264 e.